The van der Waals surface area contributed by atoms with E-state index in [0.717, 1.165) is 56.9 Å². The van der Waals surface area contributed by atoms with Gasteiger partial charge >= 0.3 is 0 Å². The molecule has 4 heteroatoms. The van der Waals surface area contributed by atoms with Gasteiger partial charge in [-0.1, -0.05) is 109 Å². The number of benzene rings is 5. The lowest BCUT2D eigenvalue weighted by molar-refractivity contribution is 0.294. The Hall–Kier alpha value is -6.26. The van der Waals surface area contributed by atoms with Crippen molar-refractivity contribution in [2.45, 2.75) is 20.3 Å². The standard InChI is InChI=1S/C46H35N3O/c1-3-4-23-42-38(30-44-47-39-21-13-11-20-36(39)45(48-44)31-15-7-5-8-16-31)46(2)27-26-33(29-43(46)50-42)32-24-25-41-37(28-32)35-19-12-14-22-40(35)49(41)34-17-9-6-10-18-34/h3-26,28-30H,27H2,1-2H3/b4-3-,38-30?,42-23+. The second kappa shape index (κ2) is 12.0. The lowest BCUT2D eigenvalue weighted by Gasteiger charge is -2.27. The van der Waals surface area contributed by atoms with Crippen LogP contribution in [0.4, 0.5) is 0 Å². The van der Waals surface area contributed by atoms with Gasteiger partial charge in [-0.3, -0.25) is 0 Å². The molecule has 2 aliphatic rings. The summed E-state index contributed by atoms with van der Waals surface area (Å²) < 4.78 is 9.09. The molecular weight excluding hydrogens is 611 g/mol. The summed E-state index contributed by atoms with van der Waals surface area (Å²) >= 11 is 0. The second-order valence-electron chi connectivity index (χ2n) is 13.2. The first-order valence-electron chi connectivity index (χ1n) is 17.2. The van der Waals surface area contributed by atoms with Crippen LogP contribution in [0.25, 0.3) is 61.3 Å². The summed E-state index contributed by atoms with van der Waals surface area (Å²) in [6.07, 6.45) is 13.6. The van der Waals surface area contributed by atoms with Crippen LogP contribution in [-0.2, 0) is 4.74 Å². The summed E-state index contributed by atoms with van der Waals surface area (Å²) in [7, 11) is 0. The monoisotopic (exact) mass is 645 g/mol. The Kier molecular flexibility index (Phi) is 7.17. The molecule has 1 aliphatic carbocycles. The molecule has 4 nitrogen and oxygen atoms in total. The van der Waals surface area contributed by atoms with Crippen molar-refractivity contribution in [2.24, 2.45) is 5.41 Å². The molecule has 7 aromatic rings. The highest BCUT2D eigenvalue weighted by molar-refractivity contribution is 6.10. The number of nitrogens with zero attached hydrogens (tertiary/aromatic N) is 3. The van der Waals surface area contributed by atoms with E-state index in [2.05, 4.69) is 145 Å². The van der Waals surface area contributed by atoms with Crippen molar-refractivity contribution in [2.75, 3.05) is 0 Å². The summed E-state index contributed by atoms with van der Waals surface area (Å²) in [6.45, 7) is 4.29. The third-order valence-electron chi connectivity index (χ3n) is 10.0. The van der Waals surface area contributed by atoms with Crippen LogP contribution in [0.1, 0.15) is 31.7 Å². The van der Waals surface area contributed by atoms with Crippen molar-refractivity contribution in [1.29, 1.82) is 0 Å². The molecule has 1 fully saturated rings. The fourth-order valence-electron chi connectivity index (χ4n) is 7.46. The number of hydrogen-bond acceptors (Lipinski definition) is 3. The van der Waals surface area contributed by atoms with Gasteiger partial charge in [0.05, 0.1) is 27.7 Å². The minimum atomic E-state index is -0.369. The molecule has 0 N–H and O–H groups in total. The van der Waals surface area contributed by atoms with Gasteiger partial charge in [-0.05, 0) is 86.0 Å². The van der Waals surface area contributed by atoms with Crippen molar-refractivity contribution in [1.82, 2.24) is 14.5 Å². The predicted molar refractivity (Wildman–Crippen MR) is 206 cm³/mol. The normalized spacial score (nSPS) is 19.0. The second-order valence-corrected chi connectivity index (χ2v) is 13.2. The quantitative estimate of drug-likeness (QED) is 0.187. The first-order valence-corrected chi connectivity index (χ1v) is 17.2. The molecule has 1 aliphatic heterocycles. The van der Waals surface area contributed by atoms with Crippen LogP contribution in [0.3, 0.4) is 0 Å². The molecule has 0 bridgehead atoms. The lowest BCUT2D eigenvalue weighted by Crippen LogP contribution is -2.18. The number of hydrogen-bond donors (Lipinski definition) is 0. The van der Waals surface area contributed by atoms with E-state index in [1.807, 2.05) is 37.3 Å². The van der Waals surface area contributed by atoms with Gasteiger partial charge < -0.3 is 9.30 Å². The first-order chi connectivity index (χ1) is 24.6. The average Bonchev–Trinajstić information content (AvgIpc) is 3.64. The molecule has 0 amide bonds. The van der Waals surface area contributed by atoms with Crippen molar-refractivity contribution in [3.63, 3.8) is 0 Å². The van der Waals surface area contributed by atoms with E-state index in [0.29, 0.717) is 5.82 Å². The fourth-order valence-corrected chi connectivity index (χ4v) is 7.46. The van der Waals surface area contributed by atoms with E-state index in [-0.39, 0.29) is 5.41 Å². The van der Waals surface area contributed by atoms with Crippen LogP contribution < -0.4 is 0 Å². The summed E-state index contributed by atoms with van der Waals surface area (Å²) in [4.78, 5) is 10.2. The highest BCUT2D eigenvalue weighted by Crippen LogP contribution is 2.54. The number of ether oxygens (including phenoxy) is 1. The SMILES string of the molecule is C/C=C\C=C1\OC2=CC(c3ccc4c(c3)c3ccccc3n4-c3ccccc3)=CCC2(C)C1=Cc1nc(-c2ccccc2)c2ccccc2n1. The van der Waals surface area contributed by atoms with Gasteiger partial charge in [0.25, 0.3) is 0 Å². The van der Waals surface area contributed by atoms with Crippen LogP contribution in [0.5, 0.6) is 0 Å². The van der Waals surface area contributed by atoms with E-state index in [9.17, 15) is 0 Å². The van der Waals surface area contributed by atoms with Crippen LogP contribution in [0, 0.1) is 5.41 Å². The molecule has 9 rings (SSSR count). The number of para-hydroxylation sites is 3. The van der Waals surface area contributed by atoms with Crippen molar-refractivity contribution < 1.29 is 4.74 Å². The van der Waals surface area contributed by atoms with E-state index < -0.39 is 0 Å². The van der Waals surface area contributed by atoms with E-state index in [1.165, 1.54) is 27.4 Å². The maximum atomic E-state index is 6.73. The minimum Gasteiger partial charge on any atom is -0.460 e. The minimum absolute atomic E-state index is 0.369. The molecule has 2 aromatic heterocycles. The van der Waals surface area contributed by atoms with Gasteiger partial charge in [-0.25, -0.2) is 9.97 Å². The lowest BCUT2D eigenvalue weighted by atomic mass is 9.74. The van der Waals surface area contributed by atoms with Gasteiger partial charge in [-0.2, -0.15) is 0 Å². The summed E-state index contributed by atoms with van der Waals surface area (Å²) in [6, 6.07) is 44.7. The Morgan fingerprint density at radius 3 is 2.26 bits per heavy atom. The number of aromatic nitrogens is 3. The molecule has 1 saturated heterocycles. The van der Waals surface area contributed by atoms with Crippen LogP contribution >= 0.6 is 0 Å². The van der Waals surface area contributed by atoms with E-state index in [1.54, 1.807) is 0 Å². The Balaban J connectivity index is 1.14. The summed E-state index contributed by atoms with van der Waals surface area (Å²) in [5.41, 5.74) is 9.51. The Labute approximate surface area is 291 Å². The number of allylic oxidation sites excluding steroid dienone is 8. The van der Waals surface area contributed by atoms with Crippen LogP contribution in [0.2, 0.25) is 0 Å². The maximum Gasteiger partial charge on any atom is 0.153 e. The molecule has 3 heterocycles. The largest absolute Gasteiger partial charge is 0.460 e. The summed E-state index contributed by atoms with van der Waals surface area (Å²) in [5.74, 6) is 2.43. The van der Waals surface area contributed by atoms with E-state index >= 15 is 0 Å². The Morgan fingerprint density at radius 1 is 0.720 bits per heavy atom. The van der Waals surface area contributed by atoms with Crippen molar-refractivity contribution in [3.05, 3.63) is 186 Å². The third kappa shape index (κ3) is 4.91. The third-order valence-corrected chi connectivity index (χ3v) is 10.0. The van der Waals surface area contributed by atoms with Gasteiger partial charge in [0.15, 0.2) is 5.82 Å². The number of fused-ring (bicyclic) bond motifs is 5. The molecule has 1 atom stereocenters. The van der Waals surface area contributed by atoms with Crippen LogP contribution in [0.15, 0.2) is 175 Å². The van der Waals surface area contributed by atoms with E-state index in [4.69, 9.17) is 14.7 Å². The average molecular weight is 646 g/mol. The highest BCUT2D eigenvalue weighted by atomic mass is 16.5. The van der Waals surface area contributed by atoms with Gasteiger partial charge in [0.2, 0.25) is 0 Å². The Bertz CT molecular complexity index is 2600. The molecule has 240 valence electrons. The smallest absolute Gasteiger partial charge is 0.153 e. The molecule has 5 aromatic carbocycles. The van der Waals surface area contributed by atoms with Crippen molar-refractivity contribution >= 4 is 44.4 Å². The zero-order chi connectivity index (χ0) is 33.7. The zero-order valence-electron chi connectivity index (χ0n) is 28.0. The first kappa shape index (κ1) is 29.8. The predicted octanol–water partition coefficient (Wildman–Crippen LogP) is 11.6. The number of rotatable bonds is 5. The topological polar surface area (TPSA) is 39.9 Å². The molecule has 0 saturated carbocycles. The highest BCUT2D eigenvalue weighted by Gasteiger charge is 2.45. The van der Waals surface area contributed by atoms with Gasteiger partial charge in [0.1, 0.15) is 11.5 Å². The molecule has 1 unspecified atom stereocenters. The Morgan fingerprint density at radius 2 is 1.44 bits per heavy atom. The van der Waals surface area contributed by atoms with Crippen molar-refractivity contribution in [3.8, 4) is 16.9 Å². The molecule has 0 spiro atoms. The molecule has 0 radical (unpaired) electrons. The molecular formula is C46H35N3O. The molecule has 50 heavy (non-hydrogen) atoms. The summed E-state index contributed by atoms with van der Waals surface area (Å²) in [5, 5.41) is 3.51. The van der Waals surface area contributed by atoms with Gasteiger partial charge in [-0.15, -0.1) is 0 Å². The van der Waals surface area contributed by atoms with Gasteiger partial charge in [0, 0.05) is 33.0 Å². The van der Waals surface area contributed by atoms with Crippen LogP contribution in [-0.4, -0.2) is 14.5 Å². The fraction of sp³-hybridized carbons (Fsp3) is 0.0870. The zero-order valence-corrected chi connectivity index (χ0v) is 28.0. The maximum absolute atomic E-state index is 6.73.